The Morgan fingerprint density at radius 3 is 2.49 bits per heavy atom. The van der Waals surface area contributed by atoms with Gasteiger partial charge in [-0.15, -0.1) is 0 Å². The summed E-state index contributed by atoms with van der Waals surface area (Å²) in [6.45, 7) is 11.7. The Kier molecular flexibility index (Phi) is 11.6. The Balaban J connectivity index is 1.04. The van der Waals surface area contributed by atoms with Gasteiger partial charge in [-0.3, -0.25) is 5.41 Å². The van der Waals surface area contributed by atoms with E-state index in [1.807, 2.05) is 49.4 Å². The number of para-hydroxylation sites is 2. The van der Waals surface area contributed by atoms with E-state index in [9.17, 15) is 5.41 Å². The Bertz CT molecular complexity index is 2620. The van der Waals surface area contributed by atoms with Crippen molar-refractivity contribution in [3.63, 3.8) is 0 Å². The predicted molar refractivity (Wildman–Crippen MR) is 246 cm³/mol. The summed E-state index contributed by atoms with van der Waals surface area (Å²) in [5.41, 5.74) is 8.62. The topological polar surface area (TPSA) is 73.9 Å². The van der Waals surface area contributed by atoms with E-state index in [2.05, 4.69) is 159 Å². The minimum absolute atomic E-state index is 0.0250. The number of ether oxygens (including phenoxy) is 1. The minimum atomic E-state index is -0.0898. The van der Waals surface area contributed by atoms with Crippen LogP contribution in [0.1, 0.15) is 44.2 Å². The number of likely N-dealkylation sites (N-methyl/N-ethyl adjacent to an activating group) is 1. The first-order chi connectivity index (χ1) is 28.8. The molecule has 0 bridgehead atoms. The van der Waals surface area contributed by atoms with Gasteiger partial charge in [0.05, 0.1) is 11.5 Å². The molecule has 4 aromatic carbocycles. The van der Waals surface area contributed by atoms with Gasteiger partial charge in [-0.25, -0.2) is 4.99 Å². The number of benzene rings is 4. The molecular weight excluding hydrogens is 725 g/mol. The molecule has 6 heteroatoms. The summed E-state index contributed by atoms with van der Waals surface area (Å²) < 4.78 is 12.8. The molecule has 0 saturated carbocycles. The molecule has 4 atom stereocenters. The van der Waals surface area contributed by atoms with Crippen LogP contribution in [0.2, 0.25) is 0 Å². The highest BCUT2D eigenvalue weighted by atomic mass is 16.5. The molecule has 1 aliphatic heterocycles. The molecule has 5 aromatic rings. The molecule has 0 radical (unpaired) electrons. The third-order valence-corrected chi connectivity index (χ3v) is 11.5. The fourth-order valence-electron chi connectivity index (χ4n) is 8.53. The van der Waals surface area contributed by atoms with E-state index >= 15 is 0 Å². The maximum atomic E-state index is 9.43. The zero-order chi connectivity index (χ0) is 40.9. The molecule has 0 saturated heterocycles. The fraction of sp³-hybridized carbons (Fsp3) is 0.208. The van der Waals surface area contributed by atoms with E-state index in [4.69, 9.17) is 14.1 Å². The number of fused-ring (bicyclic) bond motifs is 6. The first-order valence-corrected chi connectivity index (χ1v) is 20.6. The van der Waals surface area contributed by atoms with Gasteiger partial charge in [0, 0.05) is 41.3 Å². The zero-order valence-electron chi connectivity index (χ0n) is 34.3. The quantitative estimate of drug-likeness (QED) is 0.0709. The van der Waals surface area contributed by atoms with Crippen molar-refractivity contribution in [2.45, 2.75) is 39.2 Å². The van der Waals surface area contributed by atoms with Crippen LogP contribution in [0, 0.1) is 23.2 Å². The van der Waals surface area contributed by atoms with Gasteiger partial charge in [-0.2, -0.15) is 0 Å². The van der Waals surface area contributed by atoms with Gasteiger partial charge < -0.3 is 19.4 Å². The van der Waals surface area contributed by atoms with E-state index in [0.717, 1.165) is 51.5 Å². The number of nitrogens with one attached hydrogen (secondary N) is 2. The summed E-state index contributed by atoms with van der Waals surface area (Å²) in [5.74, 6) is 2.71. The molecule has 296 valence electrons. The van der Waals surface area contributed by atoms with Gasteiger partial charge >= 0.3 is 0 Å². The Morgan fingerprint density at radius 2 is 1.68 bits per heavy atom. The molecule has 0 fully saturated rings. The van der Waals surface area contributed by atoms with Crippen LogP contribution in [0.25, 0.3) is 33.1 Å². The van der Waals surface area contributed by atoms with Crippen molar-refractivity contribution in [3.8, 4) is 16.9 Å². The SMILES string of the molecule is C=C(/C=C\C(C)C/C(=C\C=C/C)C(=NC(=N)c1cccc2c1oc1ccccc12)N(C)C[C@H](C)C1C=CC=C1)NC1=CC=CC2Oc3cccc(-c4ccccc4)c3C12. The maximum Gasteiger partial charge on any atom is 0.158 e. The zero-order valence-corrected chi connectivity index (χ0v) is 34.3. The van der Waals surface area contributed by atoms with Crippen LogP contribution in [-0.4, -0.2) is 36.3 Å². The van der Waals surface area contributed by atoms with Gasteiger partial charge in [0.25, 0.3) is 0 Å². The van der Waals surface area contributed by atoms with Gasteiger partial charge in [0.1, 0.15) is 28.9 Å². The average Bonchev–Trinajstić information content (AvgIpc) is 4.02. The predicted octanol–water partition coefficient (Wildman–Crippen LogP) is 12.5. The highest BCUT2D eigenvalue weighted by Crippen LogP contribution is 2.48. The van der Waals surface area contributed by atoms with Crippen molar-refractivity contribution in [3.05, 3.63) is 199 Å². The molecule has 2 aliphatic carbocycles. The molecule has 0 amide bonds. The second-order valence-electron chi connectivity index (χ2n) is 15.8. The van der Waals surface area contributed by atoms with Gasteiger partial charge in [0.15, 0.2) is 5.84 Å². The van der Waals surface area contributed by atoms with Crippen LogP contribution < -0.4 is 10.1 Å². The number of rotatable bonds is 13. The number of furan rings is 1. The number of amidine groups is 2. The lowest BCUT2D eigenvalue weighted by molar-refractivity contribution is 0.262. The van der Waals surface area contributed by atoms with Crippen molar-refractivity contribution in [1.29, 1.82) is 5.41 Å². The second-order valence-corrected chi connectivity index (χ2v) is 15.8. The molecule has 59 heavy (non-hydrogen) atoms. The van der Waals surface area contributed by atoms with Crippen molar-refractivity contribution in [2.24, 2.45) is 22.7 Å². The standard InChI is InChI=1S/C53H52N4O2/c1-6-7-18-40(33-35(2)31-32-37(4)55-45-27-17-30-48-50(45)49-41(24-16-29-47(49)58-48)39-21-9-8-10-22-39)53(57(5)34-36(3)38-19-11-12-20-38)56-52(54)44-26-15-25-43-42-23-13-14-28-46(42)59-51(43)44/h6-32,35-36,38,48,50,54-55H,4,33-34H2,1-3,5H3/b7-6-,32-31-,40-18+,54-52?,56-53?/t35?,36-,48?,50?/m0/s1. The molecule has 2 heterocycles. The molecule has 0 spiro atoms. The van der Waals surface area contributed by atoms with Crippen molar-refractivity contribution in [2.75, 3.05) is 13.6 Å². The van der Waals surface area contributed by atoms with E-state index in [0.29, 0.717) is 29.4 Å². The lowest BCUT2D eigenvalue weighted by atomic mass is 9.84. The van der Waals surface area contributed by atoms with Crippen molar-refractivity contribution in [1.82, 2.24) is 10.2 Å². The third-order valence-electron chi connectivity index (χ3n) is 11.5. The molecule has 6 nitrogen and oxygen atoms in total. The number of hydrogen-bond donors (Lipinski definition) is 2. The number of allylic oxidation sites excluding steroid dienone is 11. The fourth-order valence-corrected chi connectivity index (χ4v) is 8.53. The Hall–Kier alpha value is -6.66. The largest absolute Gasteiger partial charge is 0.485 e. The van der Waals surface area contributed by atoms with E-state index in [1.54, 1.807) is 0 Å². The highest BCUT2D eigenvalue weighted by Gasteiger charge is 2.39. The first kappa shape index (κ1) is 39.2. The minimum Gasteiger partial charge on any atom is -0.485 e. The van der Waals surface area contributed by atoms with Crippen molar-refractivity contribution >= 4 is 33.6 Å². The smallest absolute Gasteiger partial charge is 0.158 e. The van der Waals surface area contributed by atoms with Gasteiger partial charge in [-0.05, 0) is 84.2 Å². The lowest BCUT2D eigenvalue weighted by Gasteiger charge is -2.29. The summed E-state index contributed by atoms with van der Waals surface area (Å²) in [5, 5.41) is 15.1. The van der Waals surface area contributed by atoms with Gasteiger partial charge in [0.2, 0.25) is 0 Å². The number of aliphatic imine (C=N–C) groups is 1. The molecular formula is C53H52N4O2. The van der Waals surface area contributed by atoms with E-state index in [-0.39, 0.29) is 23.8 Å². The Labute approximate surface area is 348 Å². The van der Waals surface area contributed by atoms with E-state index < -0.39 is 0 Å². The number of hydrogen-bond acceptors (Lipinski definition) is 4. The molecule has 1 aromatic heterocycles. The summed E-state index contributed by atoms with van der Waals surface area (Å²) >= 11 is 0. The van der Waals surface area contributed by atoms with Crippen molar-refractivity contribution < 1.29 is 9.15 Å². The van der Waals surface area contributed by atoms with Crippen LogP contribution >= 0.6 is 0 Å². The lowest BCUT2D eigenvalue weighted by Crippen LogP contribution is -2.35. The van der Waals surface area contributed by atoms with Crippen LogP contribution in [0.4, 0.5) is 0 Å². The monoisotopic (exact) mass is 776 g/mol. The maximum absolute atomic E-state index is 9.43. The summed E-state index contributed by atoms with van der Waals surface area (Å²) in [6.07, 6.45) is 26.2. The van der Waals surface area contributed by atoms with Gasteiger partial charge in [-0.1, -0.05) is 148 Å². The van der Waals surface area contributed by atoms with Crippen LogP contribution in [0.15, 0.2) is 197 Å². The second kappa shape index (κ2) is 17.5. The van der Waals surface area contributed by atoms with Crippen LogP contribution in [-0.2, 0) is 0 Å². The van der Waals surface area contributed by atoms with Crippen LogP contribution in [0.5, 0.6) is 5.75 Å². The first-order valence-electron chi connectivity index (χ1n) is 20.6. The summed E-state index contributed by atoms with van der Waals surface area (Å²) in [7, 11) is 2.09. The molecule has 3 aliphatic rings. The molecule has 3 unspecified atom stereocenters. The average molecular weight is 777 g/mol. The highest BCUT2D eigenvalue weighted by molar-refractivity contribution is 6.17. The summed E-state index contributed by atoms with van der Waals surface area (Å²) in [6, 6.07) is 30.8. The number of nitrogens with zero attached hydrogens (tertiary/aromatic N) is 2. The summed E-state index contributed by atoms with van der Waals surface area (Å²) in [4.78, 5) is 7.37. The van der Waals surface area contributed by atoms with Crippen LogP contribution in [0.3, 0.4) is 0 Å². The normalized spacial score (nSPS) is 18.7. The molecule has 2 N–H and O–H groups in total. The molecule has 8 rings (SSSR count). The van der Waals surface area contributed by atoms with E-state index in [1.165, 1.54) is 16.7 Å². The Morgan fingerprint density at radius 1 is 0.915 bits per heavy atom. The third kappa shape index (κ3) is 8.35.